The van der Waals surface area contributed by atoms with Gasteiger partial charge in [-0.15, -0.1) is 0 Å². The van der Waals surface area contributed by atoms with Crippen molar-refractivity contribution in [1.82, 2.24) is 0 Å². The molecule has 0 saturated heterocycles. The molecule has 0 fully saturated rings. The van der Waals surface area contributed by atoms with Gasteiger partial charge in [0.05, 0.1) is 11.5 Å². The van der Waals surface area contributed by atoms with Crippen molar-refractivity contribution in [2.45, 2.75) is 6.42 Å². The summed E-state index contributed by atoms with van der Waals surface area (Å²) in [6.45, 7) is 0.516. The van der Waals surface area contributed by atoms with Crippen molar-refractivity contribution in [1.29, 1.82) is 0 Å². The summed E-state index contributed by atoms with van der Waals surface area (Å²) < 4.78 is 5.71. The molecule has 0 saturated carbocycles. The number of hydrogen-bond donors (Lipinski definition) is 0. The first-order valence-electron chi connectivity index (χ1n) is 7.74. The molecule has 0 N–H and O–H groups in total. The van der Waals surface area contributed by atoms with Crippen molar-refractivity contribution in [3.8, 4) is 16.9 Å². The average molecular weight is 319 g/mol. The zero-order valence-corrected chi connectivity index (χ0v) is 13.1. The molecule has 3 aromatic carbocycles. The highest BCUT2D eigenvalue weighted by atomic mass is 16.6. The quantitative estimate of drug-likeness (QED) is 0.480. The third-order valence-electron chi connectivity index (χ3n) is 3.79. The minimum absolute atomic E-state index is 0.0665. The Morgan fingerprint density at radius 2 is 1.50 bits per heavy atom. The number of hydrogen-bond acceptors (Lipinski definition) is 3. The van der Waals surface area contributed by atoms with Gasteiger partial charge in [0.2, 0.25) is 0 Å². The number of rotatable bonds is 6. The maximum Gasteiger partial charge on any atom is 0.269 e. The summed E-state index contributed by atoms with van der Waals surface area (Å²) in [6, 6.07) is 24.7. The Kier molecular flexibility index (Phi) is 4.87. The summed E-state index contributed by atoms with van der Waals surface area (Å²) in [6.07, 6.45) is 0.766. The Labute approximate surface area is 140 Å². The van der Waals surface area contributed by atoms with Crippen molar-refractivity contribution in [2.75, 3.05) is 6.61 Å². The lowest BCUT2D eigenvalue weighted by Crippen LogP contribution is -2.02. The van der Waals surface area contributed by atoms with Crippen LogP contribution in [-0.2, 0) is 6.42 Å². The minimum atomic E-state index is -0.417. The molecule has 0 aliphatic carbocycles. The third kappa shape index (κ3) is 3.79. The summed E-state index contributed by atoms with van der Waals surface area (Å²) in [5.74, 6) is 0.637. The van der Waals surface area contributed by atoms with E-state index < -0.39 is 4.92 Å². The largest absolute Gasteiger partial charge is 0.493 e. The molecule has 0 heterocycles. The second kappa shape index (κ2) is 7.42. The first-order chi connectivity index (χ1) is 11.7. The van der Waals surface area contributed by atoms with Gasteiger partial charge in [0.15, 0.2) is 0 Å². The topological polar surface area (TPSA) is 52.4 Å². The molecule has 3 rings (SSSR count). The van der Waals surface area contributed by atoms with Crippen LogP contribution in [0.1, 0.15) is 5.56 Å². The molecule has 0 spiro atoms. The smallest absolute Gasteiger partial charge is 0.269 e. The molecule has 0 atom stereocenters. The van der Waals surface area contributed by atoms with Crippen LogP contribution in [0.3, 0.4) is 0 Å². The molecule has 0 amide bonds. The molecule has 0 bridgehead atoms. The summed E-state index contributed by atoms with van der Waals surface area (Å²) in [7, 11) is 0. The Morgan fingerprint density at radius 3 is 2.21 bits per heavy atom. The standard InChI is InChI=1S/C20H17NO3/c22-21(23)18-10-12-19(13-11-18)24-15-14-17-8-4-5-9-20(17)16-6-2-1-3-7-16/h1-13H,14-15H2. The van der Waals surface area contributed by atoms with E-state index >= 15 is 0 Å². The second-order valence-corrected chi connectivity index (χ2v) is 5.37. The van der Waals surface area contributed by atoms with E-state index in [-0.39, 0.29) is 5.69 Å². The third-order valence-corrected chi connectivity index (χ3v) is 3.79. The molecule has 4 heteroatoms. The highest BCUT2D eigenvalue weighted by Gasteiger charge is 2.06. The molecule has 0 aliphatic rings. The fourth-order valence-corrected chi connectivity index (χ4v) is 2.58. The van der Waals surface area contributed by atoms with Gasteiger partial charge in [-0.2, -0.15) is 0 Å². The summed E-state index contributed by atoms with van der Waals surface area (Å²) in [5.41, 5.74) is 3.66. The van der Waals surface area contributed by atoms with Crippen LogP contribution in [0.15, 0.2) is 78.9 Å². The van der Waals surface area contributed by atoms with Gasteiger partial charge in [-0.1, -0.05) is 54.6 Å². The molecule has 0 aromatic heterocycles. The number of nitro groups is 1. The normalized spacial score (nSPS) is 10.3. The molecule has 0 unspecified atom stereocenters. The van der Waals surface area contributed by atoms with Crippen molar-refractivity contribution in [3.05, 3.63) is 94.5 Å². The number of ether oxygens (including phenoxy) is 1. The second-order valence-electron chi connectivity index (χ2n) is 5.37. The number of benzene rings is 3. The Hall–Kier alpha value is -3.14. The van der Waals surface area contributed by atoms with Gasteiger partial charge in [-0.3, -0.25) is 10.1 Å². The van der Waals surface area contributed by atoms with E-state index in [2.05, 4.69) is 24.3 Å². The van der Waals surface area contributed by atoms with Crippen LogP contribution in [0.2, 0.25) is 0 Å². The van der Waals surface area contributed by atoms with Crippen LogP contribution in [0.25, 0.3) is 11.1 Å². The number of non-ortho nitro benzene ring substituents is 1. The zero-order valence-electron chi connectivity index (χ0n) is 13.1. The first kappa shape index (κ1) is 15.7. The Bertz CT molecular complexity index is 814. The van der Waals surface area contributed by atoms with E-state index in [0.717, 1.165) is 6.42 Å². The van der Waals surface area contributed by atoms with Gasteiger partial charge < -0.3 is 4.74 Å². The predicted octanol–water partition coefficient (Wildman–Crippen LogP) is 4.88. The Morgan fingerprint density at radius 1 is 0.833 bits per heavy atom. The SMILES string of the molecule is O=[N+]([O-])c1ccc(OCCc2ccccc2-c2ccccc2)cc1. The number of nitrogens with zero attached hydrogens (tertiary/aromatic N) is 1. The van der Waals surface area contributed by atoms with E-state index in [1.165, 1.54) is 28.8 Å². The summed E-state index contributed by atoms with van der Waals surface area (Å²) in [4.78, 5) is 10.2. The van der Waals surface area contributed by atoms with Crippen LogP contribution in [0, 0.1) is 10.1 Å². The van der Waals surface area contributed by atoms with Gasteiger partial charge in [0.1, 0.15) is 5.75 Å². The fourth-order valence-electron chi connectivity index (χ4n) is 2.58. The van der Waals surface area contributed by atoms with Crippen molar-refractivity contribution < 1.29 is 9.66 Å². The van der Waals surface area contributed by atoms with Gasteiger partial charge in [-0.25, -0.2) is 0 Å². The molecular formula is C20H17NO3. The molecule has 24 heavy (non-hydrogen) atoms. The van der Waals surface area contributed by atoms with Gasteiger partial charge in [-0.05, 0) is 28.8 Å². The van der Waals surface area contributed by atoms with Gasteiger partial charge in [0.25, 0.3) is 5.69 Å². The molecule has 4 nitrogen and oxygen atoms in total. The van der Waals surface area contributed by atoms with Crippen molar-refractivity contribution in [3.63, 3.8) is 0 Å². The van der Waals surface area contributed by atoms with Gasteiger partial charge >= 0.3 is 0 Å². The molecular weight excluding hydrogens is 302 g/mol. The van der Waals surface area contributed by atoms with E-state index in [9.17, 15) is 10.1 Å². The lowest BCUT2D eigenvalue weighted by atomic mass is 9.98. The first-order valence-corrected chi connectivity index (χ1v) is 7.74. The van der Waals surface area contributed by atoms with E-state index in [1.54, 1.807) is 12.1 Å². The average Bonchev–Trinajstić information content (AvgIpc) is 2.63. The van der Waals surface area contributed by atoms with Crippen molar-refractivity contribution >= 4 is 5.69 Å². The van der Waals surface area contributed by atoms with Crippen molar-refractivity contribution in [2.24, 2.45) is 0 Å². The van der Waals surface area contributed by atoms with E-state index in [0.29, 0.717) is 12.4 Å². The lowest BCUT2D eigenvalue weighted by Gasteiger charge is -2.11. The van der Waals surface area contributed by atoms with Gasteiger partial charge in [0, 0.05) is 18.6 Å². The van der Waals surface area contributed by atoms with E-state index in [4.69, 9.17) is 4.74 Å². The molecule has 0 aliphatic heterocycles. The van der Waals surface area contributed by atoms with Crippen LogP contribution in [0.5, 0.6) is 5.75 Å². The summed E-state index contributed by atoms with van der Waals surface area (Å²) >= 11 is 0. The maximum absolute atomic E-state index is 10.6. The molecule has 0 radical (unpaired) electrons. The van der Waals surface area contributed by atoms with E-state index in [1.807, 2.05) is 30.3 Å². The fraction of sp³-hybridized carbons (Fsp3) is 0.100. The van der Waals surface area contributed by atoms with Crippen LogP contribution >= 0.6 is 0 Å². The lowest BCUT2D eigenvalue weighted by molar-refractivity contribution is -0.384. The predicted molar refractivity (Wildman–Crippen MR) is 94.2 cm³/mol. The Balaban J connectivity index is 1.66. The highest BCUT2D eigenvalue weighted by molar-refractivity contribution is 5.67. The summed E-state index contributed by atoms with van der Waals surface area (Å²) in [5, 5.41) is 10.6. The van der Waals surface area contributed by atoms with Crippen LogP contribution < -0.4 is 4.74 Å². The minimum Gasteiger partial charge on any atom is -0.493 e. The van der Waals surface area contributed by atoms with Crippen LogP contribution in [0.4, 0.5) is 5.69 Å². The number of nitro benzene ring substituents is 1. The molecule has 120 valence electrons. The monoisotopic (exact) mass is 319 g/mol. The molecule has 3 aromatic rings. The maximum atomic E-state index is 10.6. The van der Waals surface area contributed by atoms with Crippen LogP contribution in [-0.4, -0.2) is 11.5 Å². The zero-order chi connectivity index (χ0) is 16.8. The highest BCUT2D eigenvalue weighted by Crippen LogP contribution is 2.24.